The standard InChI is InChI=1S/C19H18N2O3S/c1-3-12-7-6-10-16-17(12)21(2)19(25-16)20-18(22)15-11-23-13-8-4-5-9-14(13)24-15/h4-10,15H,3,11H2,1-2H3/t15-/m0/s1. The van der Waals surface area contributed by atoms with E-state index in [2.05, 4.69) is 24.0 Å². The zero-order valence-electron chi connectivity index (χ0n) is 14.1. The summed E-state index contributed by atoms with van der Waals surface area (Å²) in [7, 11) is 1.94. The van der Waals surface area contributed by atoms with Crippen LogP contribution in [-0.2, 0) is 18.3 Å². The third kappa shape index (κ3) is 2.82. The number of carbonyl (C=O) groups excluding carboxylic acids is 1. The first-order chi connectivity index (χ1) is 12.2. The maximum atomic E-state index is 12.6. The van der Waals surface area contributed by atoms with E-state index in [0.29, 0.717) is 16.3 Å². The quantitative estimate of drug-likeness (QED) is 0.711. The molecule has 5 nitrogen and oxygen atoms in total. The Bertz CT molecular complexity index is 1020. The number of nitrogens with zero attached hydrogens (tertiary/aromatic N) is 2. The van der Waals surface area contributed by atoms with Crippen molar-refractivity contribution >= 4 is 27.5 Å². The number of hydrogen-bond donors (Lipinski definition) is 0. The Labute approximate surface area is 149 Å². The first-order valence-electron chi connectivity index (χ1n) is 8.22. The Kier molecular flexibility index (Phi) is 4.05. The van der Waals surface area contributed by atoms with Crippen LogP contribution >= 0.6 is 11.3 Å². The summed E-state index contributed by atoms with van der Waals surface area (Å²) >= 11 is 1.51. The lowest BCUT2D eigenvalue weighted by Crippen LogP contribution is -2.36. The van der Waals surface area contributed by atoms with Crippen molar-refractivity contribution in [1.82, 2.24) is 4.57 Å². The predicted octanol–water partition coefficient (Wildman–Crippen LogP) is 3.07. The third-order valence-electron chi connectivity index (χ3n) is 4.28. The van der Waals surface area contributed by atoms with Gasteiger partial charge in [-0.15, -0.1) is 0 Å². The minimum Gasteiger partial charge on any atom is -0.485 e. The fraction of sp³-hybridized carbons (Fsp3) is 0.263. The van der Waals surface area contributed by atoms with Gasteiger partial charge in [0.1, 0.15) is 6.61 Å². The van der Waals surface area contributed by atoms with E-state index >= 15 is 0 Å². The molecule has 2 heterocycles. The van der Waals surface area contributed by atoms with E-state index in [1.165, 1.54) is 16.9 Å². The van der Waals surface area contributed by atoms with E-state index in [-0.39, 0.29) is 12.5 Å². The molecule has 0 fully saturated rings. The topological polar surface area (TPSA) is 52.8 Å². The molecule has 3 aromatic rings. The Hall–Kier alpha value is -2.60. The number of thiazole rings is 1. The summed E-state index contributed by atoms with van der Waals surface area (Å²) in [6.45, 7) is 2.30. The van der Waals surface area contributed by atoms with Crippen LogP contribution in [0.2, 0.25) is 0 Å². The number of aromatic nitrogens is 1. The van der Waals surface area contributed by atoms with E-state index in [4.69, 9.17) is 9.47 Å². The predicted molar refractivity (Wildman–Crippen MR) is 97.1 cm³/mol. The molecule has 6 heteroatoms. The molecule has 0 saturated heterocycles. The van der Waals surface area contributed by atoms with Crippen LogP contribution in [0, 0.1) is 0 Å². The Morgan fingerprint density at radius 2 is 2.04 bits per heavy atom. The highest BCUT2D eigenvalue weighted by Crippen LogP contribution is 2.31. The summed E-state index contributed by atoms with van der Waals surface area (Å²) < 4.78 is 14.5. The van der Waals surface area contributed by atoms with Gasteiger partial charge < -0.3 is 14.0 Å². The van der Waals surface area contributed by atoms with Crippen molar-refractivity contribution in [3.63, 3.8) is 0 Å². The van der Waals surface area contributed by atoms with Crippen molar-refractivity contribution in [2.24, 2.45) is 12.0 Å². The molecule has 25 heavy (non-hydrogen) atoms. The molecule has 1 aliphatic rings. The van der Waals surface area contributed by atoms with Crippen molar-refractivity contribution in [1.29, 1.82) is 0 Å². The minimum atomic E-state index is -0.717. The molecule has 0 bridgehead atoms. The van der Waals surface area contributed by atoms with Gasteiger partial charge in [-0.1, -0.05) is 42.5 Å². The average molecular weight is 354 g/mol. The van der Waals surface area contributed by atoms with Gasteiger partial charge in [0.05, 0.1) is 10.2 Å². The van der Waals surface area contributed by atoms with Gasteiger partial charge in [-0.05, 0) is 30.2 Å². The van der Waals surface area contributed by atoms with Gasteiger partial charge in [0, 0.05) is 7.05 Å². The fourth-order valence-electron chi connectivity index (χ4n) is 2.98. The lowest BCUT2D eigenvalue weighted by molar-refractivity contribution is -0.127. The number of para-hydroxylation sites is 3. The first-order valence-corrected chi connectivity index (χ1v) is 9.03. The maximum absolute atomic E-state index is 12.6. The van der Waals surface area contributed by atoms with Crippen LogP contribution in [-0.4, -0.2) is 23.2 Å². The molecule has 1 amide bonds. The number of rotatable bonds is 2. The third-order valence-corrected chi connectivity index (χ3v) is 5.37. The number of hydrogen-bond acceptors (Lipinski definition) is 4. The SMILES string of the molecule is CCc1cccc2sc(=NC(=O)[C@@H]3COc4ccccc4O3)n(C)c12. The number of benzene rings is 2. The van der Waals surface area contributed by atoms with Crippen molar-refractivity contribution in [2.75, 3.05) is 6.61 Å². The van der Waals surface area contributed by atoms with E-state index < -0.39 is 6.10 Å². The minimum absolute atomic E-state index is 0.175. The Balaban J connectivity index is 1.69. The number of ether oxygens (including phenoxy) is 2. The zero-order valence-corrected chi connectivity index (χ0v) is 14.9. The second-order valence-corrected chi connectivity index (χ2v) is 6.88. The highest BCUT2D eigenvalue weighted by molar-refractivity contribution is 7.16. The van der Waals surface area contributed by atoms with Crippen LogP contribution in [0.3, 0.4) is 0 Å². The van der Waals surface area contributed by atoms with Gasteiger partial charge in [0.15, 0.2) is 16.3 Å². The van der Waals surface area contributed by atoms with Gasteiger partial charge in [-0.2, -0.15) is 4.99 Å². The Morgan fingerprint density at radius 3 is 2.84 bits per heavy atom. The van der Waals surface area contributed by atoms with Crippen LogP contribution in [0.25, 0.3) is 10.2 Å². The summed E-state index contributed by atoms with van der Waals surface area (Å²) in [6.07, 6.45) is 0.219. The zero-order chi connectivity index (χ0) is 17.4. The molecule has 1 aliphatic heterocycles. The molecule has 0 radical (unpaired) electrons. The molecular weight excluding hydrogens is 336 g/mol. The molecule has 0 saturated carbocycles. The van der Waals surface area contributed by atoms with E-state index in [1.54, 1.807) is 6.07 Å². The van der Waals surface area contributed by atoms with Crippen molar-refractivity contribution in [3.8, 4) is 11.5 Å². The van der Waals surface area contributed by atoms with Gasteiger partial charge in [0.25, 0.3) is 5.91 Å². The second-order valence-electron chi connectivity index (χ2n) is 5.88. The lowest BCUT2D eigenvalue weighted by atomic mass is 10.1. The van der Waals surface area contributed by atoms with E-state index in [1.807, 2.05) is 35.9 Å². The smallest absolute Gasteiger partial charge is 0.292 e. The summed E-state index contributed by atoms with van der Waals surface area (Å²) in [6, 6.07) is 13.5. The van der Waals surface area contributed by atoms with Gasteiger partial charge in [0.2, 0.25) is 6.10 Å². The van der Waals surface area contributed by atoms with Crippen LogP contribution in [0.15, 0.2) is 47.5 Å². The average Bonchev–Trinajstić information content (AvgIpc) is 2.97. The number of carbonyl (C=O) groups is 1. The molecule has 0 unspecified atom stereocenters. The fourth-order valence-corrected chi connectivity index (χ4v) is 4.06. The molecule has 0 spiro atoms. The van der Waals surface area contributed by atoms with Crippen molar-refractivity contribution < 1.29 is 14.3 Å². The maximum Gasteiger partial charge on any atom is 0.292 e. The molecule has 4 rings (SSSR count). The van der Waals surface area contributed by atoms with Gasteiger partial charge in [-0.25, -0.2) is 0 Å². The highest BCUT2D eigenvalue weighted by Gasteiger charge is 2.27. The van der Waals surface area contributed by atoms with Gasteiger partial charge >= 0.3 is 0 Å². The summed E-state index contributed by atoms with van der Waals surface area (Å²) in [5.41, 5.74) is 2.38. The summed E-state index contributed by atoms with van der Waals surface area (Å²) in [5.74, 6) is 0.914. The van der Waals surface area contributed by atoms with E-state index in [9.17, 15) is 4.79 Å². The van der Waals surface area contributed by atoms with Crippen LogP contribution in [0.5, 0.6) is 11.5 Å². The lowest BCUT2D eigenvalue weighted by Gasteiger charge is -2.23. The summed E-state index contributed by atoms with van der Waals surface area (Å²) in [4.78, 5) is 17.6. The van der Waals surface area contributed by atoms with E-state index in [0.717, 1.165) is 16.6 Å². The normalized spacial score (nSPS) is 17.0. The van der Waals surface area contributed by atoms with Gasteiger partial charge in [-0.3, -0.25) is 4.79 Å². The largest absolute Gasteiger partial charge is 0.485 e. The number of aryl methyl sites for hydroxylation is 2. The highest BCUT2D eigenvalue weighted by atomic mass is 32.1. The summed E-state index contributed by atoms with van der Waals surface area (Å²) in [5, 5.41) is 0. The number of fused-ring (bicyclic) bond motifs is 2. The molecule has 1 atom stereocenters. The molecule has 0 aliphatic carbocycles. The molecule has 0 N–H and O–H groups in total. The monoisotopic (exact) mass is 354 g/mol. The van der Waals surface area contributed by atoms with Crippen molar-refractivity contribution in [3.05, 3.63) is 52.8 Å². The van der Waals surface area contributed by atoms with Crippen LogP contribution < -0.4 is 14.3 Å². The second kappa shape index (κ2) is 6.37. The Morgan fingerprint density at radius 1 is 1.24 bits per heavy atom. The molecule has 1 aromatic heterocycles. The van der Waals surface area contributed by atoms with Crippen LogP contribution in [0.1, 0.15) is 12.5 Å². The number of amides is 1. The molecule has 128 valence electrons. The van der Waals surface area contributed by atoms with Crippen LogP contribution in [0.4, 0.5) is 0 Å². The van der Waals surface area contributed by atoms with Crippen molar-refractivity contribution in [2.45, 2.75) is 19.4 Å². The first kappa shape index (κ1) is 15.9. The molecule has 2 aromatic carbocycles. The molecular formula is C19H18N2O3S.